The van der Waals surface area contributed by atoms with Crippen LogP contribution in [0.2, 0.25) is 0 Å². The zero-order valence-electron chi connectivity index (χ0n) is 33.3. The lowest BCUT2D eigenvalue weighted by atomic mass is 9.91. The van der Waals surface area contributed by atoms with E-state index in [2.05, 4.69) is 0 Å². The minimum atomic E-state index is -4.61. The predicted octanol–water partition coefficient (Wildman–Crippen LogP) is 15.2. The molecule has 0 unspecified atom stereocenters. The lowest BCUT2D eigenvalue weighted by molar-refractivity contribution is -0.138. The Morgan fingerprint density at radius 1 is 0.391 bits per heavy atom. The van der Waals surface area contributed by atoms with E-state index >= 15 is 0 Å². The molecule has 0 aliphatic heterocycles. The summed E-state index contributed by atoms with van der Waals surface area (Å²) in [5.74, 6) is 0.989. The van der Waals surface area contributed by atoms with E-state index in [0.29, 0.717) is 73.0 Å². The molecule has 0 atom stereocenters. The van der Waals surface area contributed by atoms with Gasteiger partial charge in [-0.2, -0.15) is 26.3 Å². The topological polar surface area (TPSA) is 56.7 Å². The Morgan fingerprint density at radius 2 is 0.859 bits per heavy atom. The Hall–Kier alpha value is -8.05. The number of furan rings is 1. The molecule has 8 aromatic carbocycles. The monoisotopic (exact) mass is 852 g/mol. The Labute approximate surface area is 360 Å². The quantitative estimate of drug-likeness (QED) is 0.156. The van der Waals surface area contributed by atoms with Gasteiger partial charge in [-0.25, -0.2) is 15.0 Å². The number of benzene rings is 8. The maximum absolute atomic E-state index is 14.1. The molecule has 3 aromatic heterocycles. The number of hydrogen-bond donors (Lipinski definition) is 0. The number of aromatic nitrogens is 4. The maximum atomic E-state index is 14.1. The minimum absolute atomic E-state index is 0.242. The number of nitrogens with zero attached hydrogens (tertiary/aromatic N) is 4. The SMILES string of the molecule is FC(F)(F)c1ccc(-c2cc(-c3nc(-c4ccccc4)nc(-c4ccccc4)n3)cc(-c3ccc(C(F)(F)F)cc3)c2-n2c3ccccc3c3c4oc5ccccc5c4ccc32)cc1. The van der Waals surface area contributed by atoms with E-state index in [0.717, 1.165) is 51.3 Å². The molecular formula is C53H30F6N4O. The van der Waals surface area contributed by atoms with Crippen molar-refractivity contribution in [1.82, 2.24) is 19.5 Å². The van der Waals surface area contributed by atoms with Gasteiger partial charge in [0, 0.05) is 44.0 Å². The summed E-state index contributed by atoms with van der Waals surface area (Å²) in [7, 11) is 0. The molecular weight excluding hydrogens is 823 g/mol. The molecule has 0 saturated heterocycles. The van der Waals surface area contributed by atoms with Crippen LogP contribution in [0.1, 0.15) is 11.1 Å². The number of alkyl halides is 6. The molecule has 0 fully saturated rings. The van der Waals surface area contributed by atoms with E-state index in [1.807, 2.05) is 138 Å². The fourth-order valence-corrected chi connectivity index (χ4v) is 8.54. The van der Waals surface area contributed by atoms with Crippen LogP contribution in [0.15, 0.2) is 186 Å². The molecule has 3 heterocycles. The summed E-state index contributed by atoms with van der Waals surface area (Å²) in [6, 6.07) is 51.5. The van der Waals surface area contributed by atoms with Gasteiger partial charge in [-0.1, -0.05) is 121 Å². The zero-order chi connectivity index (χ0) is 43.7. The molecule has 0 bridgehead atoms. The van der Waals surface area contributed by atoms with E-state index in [9.17, 15) is 26.3 Å². The van der Waals surface area contributed by atoms with Crippen molar-refractivity contribution in [2.75, 3.05) is 0 Å². The lowest BCUT2D eigenvalue weighted by Gasteiger charge is -2.21. The Balaban J connectivity index is 1.28. The smallest absolute Gasteiger partial charge is 0.416 e. The van der Waals surface area contributed by atoms with Crippen LogP contribution >= 0.6 is 0 Å². The standard InChI is InChI=1S/C53H30F6N4O/c54-52(55,56)36-23-19-31(20-24-36)41-29-35(51-61-49(33-11-3-1-4-12-33)60-50(62-51)34-13-5-2-6-14-34)30-42(32-21-25-37(26-22-32)53(57,58)59)47(41)63-43-17-9-7-16-40(43)46-44(63)28-27-39-38-15-8-10-18-45(38)64-48(39)46/h1-30H. The fourth-order valence-electron chi connectivity index (χ4n) is 8.54. The van der Waals surface area contributed by atoms with Crippen molar-refractivity contribution < 1.29 is 30.8 Å². The van der Waals surface area contributed by atoms with E-state index in [1.165, 1.54) is 24.3 Å². The van der Waals surface area contributed by atoms with Gasteiger partial charge in [0.05, 0.1) is 33.2 Å². The average Bonchev–Trinajstić information content (AvgIpc) is 3.87. The van der Waals surface area contributed by atoms with Crippen LogP contribution in [0.4, 0.5) is 26.3 Å². The van der Waals surface area contributed by atoms with Gasteiger partial charge in [-0.15, -0.1) is 0 Å². The Morgan fingerprint density at radius 3 is 1.39 bits per heavy atom. The first kappa shape index (κ1) is 38.8. The predicted molar refractivity (Wildman–Crippen MR) is 239 cm³/mol. The number of para-hydroxylation sites is 2. The van der Waals surface area contributed by atoms with Crippen LogP contribution in [-0.4, -0.2) is 19.5 Å². The molecule has 0 radical (unpaired) electrons. The van der Waals surface area contributed by atoms with Crippen molar-refractivity contribution >= 4 is 43.7 Å². The van der Waals surface area contributed by atoms with E-state index in [4.69, 9.17) is 19.4 Å². The second kappa shape index (κ2) is 14.8. The molecule has 11 heteroatoms. The average molecular weight is 853 g/mol. The fraction of sp³-hybridized carbons (Fsp3) is 0.0377. The molecule has 11 rings (SSSR count). The Bertz CT molecular complexity index is 3420. The second-order valence-electron chi connectivity index (χ2n) is 15.4. The van der Waals surface area contributed by atoms with E-state index in [-0.39, 0.29) is 5.82 Å². The summed E-state index contributed by atoms with van der Waals surface area (Å²) in [5.41, 5.74) is 5.26. The highest BCUT2D eigenvalue weighted by atomic mass is 19.4. The van der Waals surface area contributed by atoms with Crippen LogP contribution in [0.5, 0.6) is 0 Å². The van der Waals surface area contributed by atoms with Gasteiger partial charge in [0.2, 0.25) is 0 Å². The Kier molecular flexibility index (Phi) is 8.98. The third-order valence-corrected chi connectivity index (χ3v) is 11.5. The lowest BCUT2D eigenvalue weighted by Crippen LogP contribution is -2.06. The summed E-state index contributed by atoms with van der Waals surface area (Å²) in [6.45, 7) is 0. The highest BCUT2D eigenvalue weighted by Crippen LogP contribution is 2.47. The van der Waals surface area contributed by atoms with Gasteiger partial charge < -0.3 is 8.98 Å². The summed E-state index contributed by atoms with van der Waals surface area (Å²) in [6.07, 6.45) is -9.21. The summed E-state index contributed by atoms with van der Waals surface area (Å²) < 4.78 is 93.2. The zero-order valence-corrected chi connectivity index (χ0v) is 33.3. The minimum Gasteiger partial charge on any atom is -0.455 e. The highest BCUT2D eigenvalue weighted by Gasteiger charge is 2.32. The van der Waals surface area contributed by atoms with Crippen LogP contribution < -0.4 is 0 Å². The van der Waals surface area contributed by atoms with Gasteiger partial charge in [-0.05, 0) is 71.8 Å². The number of rotatable bonds is 6. The summed E-state index contributed by atoms with van der Waals surface area (Å²) in [5, 5.41) is 3.45. The van der Waals surface area contributed by atoms with Crippen molar-refractivity contribution in [1.29, 1.82) is 0 Å². The summed E-state index contributed by atoms with van der Waals surface area (Å²) in [4.78, 5) is 14.8. The first-order chi connectivity index (χ1) is 31.0. The van der Waals surface area contributed by atoms with Crippen molar-refractivity contribution in [3.8, 4) is 62.1 Å². The second-order valence-corrected chi connectivity index (χ2v) is 15.4. The van der Waals surface area contributed by atoms with Gasteiger partial charge in [0.25, 0.3) is 0 Å². The van der Waals surface area contributed by atoms with E-state index < -0.39 is 23.5 Å². The van der Waals surface area contributed by atoms with E-state index in [1.54, 1.807) is 0 Å². The number of hydrogen-bond acceptors (Lipinski definition) is 4. The molecule has 5 nitrogen and oxygen atoms in total. The van der Waals surface area contributed by atoms with Gasteiger partial charge >= 0.3 is 12.4 Å². The van der Waals surface area contributed by atoms with Crippen LogP contribution in [0.25, 0.3) is 106 Å². The molecule has 0 spiro atoms. The van der Waals surface area contributed by atoms with Crippen LogP contribution in [-0.2, 0) is 12.4 Å². The molecule has 0 aliphatic carbocycles. The molecule has 64 heavy (non-hydrogen) atoms. The molecule has 0 saturated carbocycles. The normalized spacial score (nSPS) is 12.2. The molecule has 0 N–H and O–H groups in total. The van der Waals surface area contributed by atoms with Crippen molar-refractivity contribution in [3.63, 3.8) is 0 Å². The third kappa shape index (κ3) is 6.64. The summed E-state index contributed by atoms with van der Waals surface area (Å²) >= 11 is 0. The van der Waals surface area contributed by atoms with Crippen molar-refractivity contribution in [3.05, 3.63) is 193 Å². The highest BCUT2D eigenvalue weighted by molar-refractivity contribution is 6.24. The third-order valence-electron chi connectivity index (χ3n) is 11.5. The van der Waals surface area contributed by atoms with Crippen LogP contribution in [0, 0.1) is 0 Å². The largest absolute Gasteiger partial charge is 0.455 e. The number of halogens is 6. The van der Waals surface area contributed by atoms with Crippen molar-refractivity contribution in [2.45, 2.75) is 12.4 Å². The number of fused-ring (bicyclic) bond motifs is 7. The molecule has 310 valence electrons. The molecule has 0 amide bonds. The first-order valence-corrected chi connectivity index (χ1v) is 20.2. The van der Waals surface area contributed by atoms with Gasteiger partial charge in [-0.3, -0.25) is 0 Å². The van der Waals surface area contributed by atoms with Gasteiger partial charge in [0.15, 0.2) is 17.5 Å². The van der Waals surface area contributed by atoms with Crippen molar-refractivity contribution in [2.24, 2.45) is 0 Å². The van der Waals surface area contributed by atoms with Gasteiger partial charge in [0.1, 0.15) is 11.2 Å². The maximum Gasteiger partial charge on any atom is 0.416 e. The van der Waals surface area contributed by atoms with Crippen LogP contribution in [0.3, 0.4) is 0 Å². The molecule has 11 aromatic rings. The first-order valence-electron chi connectivity index (χ1n) is 20.2. The molecule has 0 aliphatic rings.